The Morgan fingerprint density at radius 1 is 1.04 bits per heavy atom. The van der Waals surface area contributed by atoms with Crippen LogP contribution >= 0.6 is 0 Å². The van der Waals surface area contributed by atoms with Crippen LogP contribution in [0, 0.1) is 0 Å². The molecule has 2 aliphatic rings. The van der Waals surface area contributed by atoms with Crippen molar-refractivity contribution in [3.05, 3.63) is 65.2 Å². The second-order valence-corrected chi connectivity index (χ2v) is 6.57. The number of hydrogen-bond acceptors (Lipinski definition) is 3. The highest BCUT2D eigenvalue weighted by atomic mass is 16.5. The average Bonchev–Trinajstić information content (AvgIpc) is 3.10. The van der Waals surface area contributed by atoms with Crippen LogP contribution in [0.3, 0.4) is 0 Å². The maximum atomic E-state index is 12.3. The molecule has 2 aromatic carbocycles. The minimum Gasteiger partial charge on any atom is -0.373 e. The summed E-state index contributed by atoms with van der Waals surface area (Å²) in [5.74, 6) is 0. The molecule has 0 spiro atoms. The molecule has 2 aliphatic heterocycles. The molecule has 0 saturated carbocycles. The van der Waals surface area contributed by atoms with Crippen LogP contribution < -0.4 is 10.6 Å². The number of amides is 2. The predicted octanol–water partition coefficient (Wildman–Crippen LogP) is 3.76. The number of nitrogens with one attached hydrogen (secondary N) is 2. The molecule has 4 rings (SSSR count). The first-order chi connectivity index (χ1) is 12.3. The molecule has 25 heavy (non-hydrogen) atoms. The van der Waals surface area contributed by atoms with Gasteiger partial charge in [0.1, 0.15) is 0 Å². The molecule has 0 unspecified atom stereocenters. The van der Waals surface area contributed by atoms with Crippen LogP contribution in [0.15, 0.2) is 48.5 Å². The van der Waals surface area contributed by atoms with Gasteiger partial charge in [-0.25, -0.2) is 4.79 Å². The van der Waals surface area contributed by atoms with Gasteiger partial charge in [-0.05, 0) is 41.7 Å². The molecule has 5 nitrogen and oxygen atoms in total. The van der Waals surface area contributed by atoms with E-state index in [1.807, 2.05) is 36.4 Å². The second kappa shape index (κ2) is 7.25. The fraction of sp³-hybridized carbons (Fsp3) is 0.350. The second-order valence-electron chi connectivity index (χ2n) is 6.57. The van der Waals surface area contributed by atoms with Gasteiger partial charge in [0.2, 0.25) is 0 Å². The standard InChI is InChI=1S/C20H22N2O3/c23-20(21-17-7-6-15-12-24-13-16(15)10-17)22-18-8-9-25-19(11-18)14-4-2-1-3-5-14/h1-7,10,18-19H,8-9,11-13H2,(H2,21,22,23)/t18-,19-/m1/s1. The highest BCUT2D eigenvalue weighted by Gasteiger charge is 2.25. The third-order valence-electron chi connectivity index (χ3n) is 4.77. The molecular weight excluding hydrogens is 316 g/mol. The summed E-state index contributed by atoms with van der Waals surface area (Å²) in [4.78, 5) is 12.3. The van der Waals surface area contributed by atoms with Crippen LogP contribution in [0.5, 0.6) is 0 Å². The van der Waals surface area contributed by atoms with E-state index in [4.69, 9.17) is 9.47 Å². The number of benzene rings is 2. The number of anilines is 1. The van der Waals surface area contributed by atoms with Crippen LogP contribution in [-0.4, -0.2) is 18.7 Å². The molecule has 2 atom stereocenters. The third kappa shape index (κ3) is 3.83. The van der Waals surface area contributed by atoms with Crippen LogP contribution in [0.1, 0.15) is 35.6 Å². The molecule has 130 valence electrons. The van der Waals surface area contributed by atoms with E-state index in [1.165, 1.54) is 5.56 Å². The van der Waals surface area contributed by atoms with Gasteiger partial charge >= 0.3 is 6.03 Å². The zero-order chi connectivity index (χ0) is 17.1. The van der Waals surface area contributed by atoms with E-state index in [0.717, 1.165) is 29.7 Å². The maximum absolute atomic E-state index is 12.3. The molecule has 2 amide bonds. The van der Waals surface area contributed by atoms with Gasteiger partial charge in [-0.3, -0.25) is 0 Å². The van der Waals surface area contributed by atoms with Crippen molar-refractivity contribution in [1.29, 1.82) is 0 Å². The summed E-state index contributed by atoms with van der Waals surface area (Å²) in [6.45, 7) is 1.93. The Morgan fingerprint density at radius 3 is 2.76 bits per heavy atom. The highest BCUT2D eigenvalue weighted by molar-refractivity contribution is 5.89. The first-order valence-corrected chi connectivity index (χ1v) is 8.71. The Labute approximate surface area is 147 Å². The Balaban J connectivity index is 1.34. The van der Waals surface area contributed by atoms with E-state index in [1.54, 1.807) is 0 Å². The first kappa shape index (κ1) is 16.1. The van der Waals surface area contributed by atoms with Crippen LogP contribution in [-0.2, 0) is 22.7 Å². The zero-order valence-electron chi connectivity index (χ0n) is 14.0. The molecule has 0 bridgehead atoms. The van der Waals surface area contributed by atoms with E-state index in [9.17, 15) is 4.79 Å². The number of urea groups is 1. The smallest absolute Gasteiger partial charge is 0.319 e. The summed E-state index contributed by atoms with van der Waals surface area (Å²) in [5.41, 5.74) is 4.30. The van der Waals surface area contributed by atoms with E-state index < -0.39 is 0 Å². The van der Waals surface area contributed by atoms with Gasteiger partial charge in [0.05, 0.1) is 19.3 Å². The molecule has 5 heteroatoms. The molecule has 1 fully saturated rings. The van der Waals surface area contributed by atoms with E-state index in [2.05, 4.69) is 22.8 Å². The third-order valence-corrected chi connectivity index (χ3v) is 4.77. The van der Waals surface area contributed by atoms with Crippen molar-refractivity contribution in [2.45, 2.75) is 38.2 Å². The summed E-state index contributed by atoms with van der Waals surface area (Å²) in [5, 5.41) is 6.00. The molecular formula is C20H22N2O3. The molecule has 0 aromatic heterocycles. The number of hydrogen-bond donors (Lipinski definition) is 2. The topological polar surface area (TPSA) is 59.6 Å². The van der Waals surface area contributed by atoms with Crippen molar-refractivity contribution in [3.8, 4) is 0 Å². The molecule has 1 saturated heterocycles. The number of rotatable bonds is 3. The summed E-state index contributed by atoms with van der Waals surface area (Å²) < 4.78 is 11.3. The van der Waals surface area contributed by atoms with E-state index in [-0.39, 0.29) is 18.2 Å². The monoisotopic (exact) mass is 338 g/mol. The lowest BCUT2D eigenvalue weighted by atomic mass is 9.97. The van der Waals surface area contributed by atoms with Crippen molar-refractivity contribution < 1.29 is 14.3 Å². The zero-order valence-corrected chi connectivity index (χ0v) is 14.0. The van der Waals surface area contributed by atoms with Crippen molar-refractivity contribution in [2.75, 3.05) is 11.9 Å². The Hall–Kier alpha value is -2.37. The van der Waals surface area contributed by atoms with Crippen LogP contribution in [0.4, 0.5) is 10.5 Å². The van der Waals surface area contributed by atoms with Crippen molar-refractivity contribution >= 4 is 11.7 Å². The normalized spacial score (nSPS) is 22.2. The van der Waals surface area contributed by atoms with Crippen molar-refractivity contribution in [3.63, 3.8) is 0 Å². The molecule has 2 heterocycles. The predicted molar refractivity (Wildman–Crippen MR) is 95.2 cm³/mol. The van der Waals surface area contributed by atoms with Gasteiger partial charge in [-0.2, -0.15) is 0 Å². The van der Waals surface area contributed by atoms with Gasteiger partial charge in [0, 0.05) is 18.3 Å². The molecule has 2 N–H and O–H groups in total. The molecule has 0 aliphatic carbocycles. The number of carbonyl (C=O) groups excluding carboxylic acids is 1. The minimum absolute atomic E-state index is 0.0393. The number of ether oxygens (including phenoxy) is 2. The van der Waals surface area contributed by atoms with Crippen molar-refractivity contribution in [1.82, 2.24) is 5.32 Å². The summed E-state index contributed by atoms with van der Waals surface area (Å²) in [6, 6.07) is 16.0. The molecule has 2 aromatic rings. The fourth-order valence-electron chi connectivity index (χ4n) is 3.43. The molecule has 0 radical (unpaired) electrons. The average molecular weight is 338 g/mol. The fourth-order valence-corrected chi connectivity index (χ4v) is 3.43. The lowest BCUT2D eigenvalue weighted by molar-refractivity contribution is 0.00254. The van der Waals surface area contributed by atoms with Crippen LogP contribution in [0.2, 0.25) is 0 Å². The largest absolute Gasteiger partial charge is 0.373 e. The van der Waals surface area contributed by atoms with Gasteiger partial charge < -0.3 is 20.1 Å². The van der Waals surface area contributed by atoms with Gasteiger partial charge in [0.25, 0.3) is 0 Å². The Bertz CT molecular complexity index is 748. The summed E-state index contributed by atoms with van der Waals surface area (Å²) in [7, 11) is 0. The number of fused-ring (bicyclic) bond motifs is 1. The Morgan fingerprint density at radius 2 is 1.88 bits per heavy atom. The van der Waals surface area contributed by atoms with E-state index >= 15 is 0 Å². The minimum atomic E-state index is -0.169. The van der Waals surface area contributed by atoms with Crippen LogP contribution in [0.25, 0.3) is 0 Å². The SMILES string of the molecule is O=C(Nc1ccc2c(c1)COC2)N[C@@H]1CCO[C@@H](c2ccccc2)C1. The quantitative estimate of drug-likeness (QED) is 0.896. The van der Waals surface area contributed by atoms with Gasteiger partial charge in [0.15, 0.2) is 0 Å². The lowest BCUT2D eigenvalue weighted by Crippen LogP contribution is -2.42. The number of carbonyl (C=O) groups is 1. The summed E-state index contributed by atoms with van der Waals surface area (Å²) in [6.07, 6.45) is 1.65. The summed E-state index contributed by atoms with van der Waals surface area (Å²) >= 11 is 0. The first-order valence-electron chi connectivity index (χ1n) is 8.71. The Kier molecular flexibility index (Phi) is 4.68. The van der Waals surface area contributed by atoms with E-state index in [0.29, 0.717) is 19.8 Å². The highest BCUT2D eigenvalue weighted by Crippen LogP contribution is 2.28. The maximum Gasteiger partial charge on any atom is 0.319 e. The van der Waals surface area contributed by atoms with Gasteiger partial charge in [-0.1, -0.05) is 36.4 Å². The van der Waals surface area contributed by atoms with Crippen molar-refractivity contribution in [2.24, 2.45) is 0 Å². The van der Waals surface area contributed by atoms with Gasteiger partial charge in [-0.15, -0.1) is 0 Å². The lowest BCUT2D eigenvalue weighted by Gasteiger charge is -2.30.